The number of benzene rings is 1. The number of hydrogen-bond acceptors (Lipinski definition) is 7. The molecule has 0 aliphatic heterocycles. The average molecular weight is 668 g/mol. The molecule has 0 radical (unpaired) electrons. The van der Waals surface area contributed by atoms with E-state index in [9.17, 15) is 9.69 Å². The van der Waals surface area contributed by atoms with Crippen molar-refractivity contribution in [3.8, 4) is 5.75 Å². The van der Waals surface area contributed by atoms with Gasteiger partial charge in [0.1, 0.15) is 18.5 Å². The van der Waals surface area contributed by atoms with Crippen LogP contribution in [0.5, 0.6) is 5.75 Å². The Morgan fingerprint density at radius 2 is 1.53 bits per heavy atom. The number of hydrogen-bond donors (Lipinski definition) is 2. The maximum absolute atomic E-state index is 12.2. The molecule has 1 aromatic carbocycles. The van der Waals surface area contributed by atoms with E-state index in [0.717, 1.165) is 18.4 Å². The highest BCUT2D eigenvalue weighted by Gasteiger charge is 2.19. The lowest BCUT2D eigenvalue weighted by Gasteiger charge is -2.21. The molecule has 1 aromatic heterocycles. The summed E-state index contributed by atoms with van der Waals surface area (Å²) in [6, 6.07) is 7.56. The molecule has 1 amide bonds. The van der Waals surface area contributed by atoms with Crippen molar-refractivity contribution in [3.63, 3.8) is 0 Å². The standard InChI is InChI=1S/C35H59N2O6PS/c1-4-5-6-7-8-9-10-11-12-13-14-15-16-17-18-19-23-36-35(38)40-28-34(42-31(2)3)29-41-44(39)43-33-22-20-21-32(26-33)27-37-24-25-45-30-37/h20-22,24-26,30-31,34,39H,4-19,23,27-29H2,1-3H3/p+1. The number of nitrogens with zero attached hydrogens (tertiary/aromatic N) is 1. The molecule has 8 nitrogen and oxygen atoms in total. The summed E-state index contributed by atoms with van der Waals surface area (Å²) in [6.45, 7) is 7.46. The van der Waals surface area contributed by atoms with E-state index in [1.54, 1.807) is 17.4 Å². The van der Waals surface area contributed by atoms with Gasteiger partial charge in [-0.05, 0) is 32.4 Å². The lowest BCUT2D eigenvalue weighted by molar-refractivity contribution is -0.683. The quantitative estimate of drug-likeness (QED) is 0.0534. The molecule has 0 bridgehead atoms. The van der Waals surface area contributed by atoms with Crippen LogP contribution >= 0.6 is 19.9 Å². The van der Waals surface area contributed by atoms with Crippen molar-refractivity contribution in [2.24, 2.45) is 0 Å². The molecule has 2 unspecified atom stereocenters. The fraction of sp³-hybridized carbons (Fsp3) is 0.714. The lowest BCUT2D eigenvalue weighted by Crippen LogP contribution is -2.33. The Morgan fingerprint density at radius 1 is 0.911 bits per heavy atom. The molecule has 0 aliphatic carbocycles. The maximum Gasteiger partial charge on any atom is 0.407 e. The van der Waals surface area contributed by atoms with Crippen LogP contribution in [-0.2, 0) is 20.5 Å². The van der Waals surface area contributed by atoms with Crippen LogP contribution in [-0.4, -0.2) is 43.0 Å². The Kier molecular flexibility index (Phi) is 23.0. The first kappa shape index (κ1) is 39.4. The summed E-state index contributed by atoms with van der Waals surface area (Å²) >= 11 is 1.63. The van der Waals surface area contributed by atoms with Crippen molar-refractivity contribution in [2.75, 3.05) is 19.8 Å². The second kappa shape index (κ2) is 26.3. The largest absolute Gasteiger partial charge is 0.447 e. The van der Waals surface area contributed by atoms with Crippen molar-refractivity contribution in [2.45, 2.75) is 142 Å². The van der Waals surface area contributed by atoms with Gasteiger partial charge in [-0.25, -0.2) is 4.79 Å². The van der Waals surface area contributed by atoms with Crippen molar-refractivity contribution >= 4 is 26.0 Å². The number of alkyl carbamates (subject to hydrolysis) is 1. The van der Waals surface area contributed by atoms with Crippen LogP contribution in [0.25, 0.3) is 0 Å². The Morgan fingerprint density at radius 3 is 2.11 bits per heavy atom. The summed E-state index contributed by atoms with van der Waals surface area (Å²) in [7, 11) is -2.17. The highest BCUT2D eigenvalue weighted by Crippen LogP contribution is 2.35. The van der Waals surface area contributed by atoms with Gasteiger partial charge in [-0.15, -0.1) is 0 Å². The van der Waals surface area contributed by atoms with E-state index in [4.69, 9.17) is 18.5 Å². The van der Waals surface area contributed by atoms with Crippen molar-refractivity contribution in [3.05, 3.63) is 46.9 Å². The number of carbonyl (C=O) groups is 1. The summed E-state index contributed by atoms with van der Waals surface area (Å²) in [5.41, 5.74) is 3.09. The fourth-order valence-electron chi connectivity index (χ4n) is 5.12. The van der Waals surface area contributed by atoms with Crippen molar-refractivity contribution < 1.29 is 32.8 Å². The topological polar surface area (TPSA) is 90.1 Å². The van der Waals surface area contributed by atoms with Crippen LogP contribution < -0.4 is 14.4 Å². The lowest BCUT2D eigenvalue weighted by atomic mass is 10.0. The zero-order chi connectivity index (χ0) is 32.4. The number of ether oxygens (including phenoxy) is 2. The van der Waals surface area contributed by atoms with Gasteiger partial charge in [0.2, 0.25) is 5.51 Å². The van der Waals surface area contributed by atoms with Crippen LogP contribution in [0.1, 0.15) is 129 Å². The molecular weight excluding hydrogens is 607 g/mol. The number of aromatic nitrogens is 1. The minimum absolute atomic E-state index is 0.0273. The molecule has 256 valence electrons. The number of unbranched alkanes of at least 4 members (excludes halogenated alkanes) is 15. The summed E-state index contributed by atoms with van der Waals surface area (Å²) in [6.07, 6.45) is 22.1. The second-order valence-corrected chi connectivity index (χ2v) is 13.8. The SMILES string of the molecule is CCCCCCCCCCCCCCCCCCNC(=O)OCC(COP(O)Oc1cccc(C[n+]2ccsc2)c1)OC(C)C. The number of thiazole rings is 1. The third-order valence-corrected chi connectivity index (χ3v) is 8.92. The van der Waals surface area contributed by atoms with E-state index in [1.807, 2.05) is 49.1 Å². The Balaban J connectivity index is 1.48. The van der Waals surface area contributed by atoms with Gasteiger partial charge in [0.05, 0.1) is 18.1 Å². The Hall–Kier alpha value is -1.77. The molecule has 45 heavy (non-hydrogen) atoms. The fourth-order valence-corrected chi connectivity index (χ4v) is 6.36. The minimum Gasteiger partial charge on any atom is -0.447 e. The van der Waals surface area contributed by atoms with Crippen LogP contribution in [0, 0.1) is 0 Å². The number of carbonyl (C=O) groups excluding carboxylic acids is 1. The summed E-state index contributed by atoms with van der Waals surface area (Å²) < 4.78 is 24.4. The highest BCUT2D eigenvalue weighted by molar-refractivity contribution is 7.41. The van der Waals surface area contributed by atoms with Gasteiger partial charge in [0.25, 0.3) is 0 Å². The first-order valence-electron chi connectivity index (χ1n) is 17.3. The molecule has 1 heterocycles. The third-order valence-electron chi connectivity index (χ3n) is 7.51. The predicted molar refractivity (Wildman–Crippen MR) is 185 cm³/mol. The summed E-state index contributed by atoms with van der Waals surface area (Å²) in [4.78, 5) is 22.6. The monoisotopic (exact) mass is 667 g/mol. The first-order valence-corrected chi connectivity index (χ1v) is 19.4. The maximum atomic E-state index is 12.2. The van der Waals surface area contributed by atoms with Gasteiger partial charge in [-0.2, -0.15) is 4.57 Å². The molecule has 2 atom stereocenters. The van der Waals surface area contributed by atoms with Crippen molar-refractivity contribution in [1.29, 1.82) is 0 Å². The van der Waals surface area contributed by atoms with Crippen molar-refractivity contribution in [1.82, 2.24) is 5.32 Å². The zero-order valence-electron chi connectivity index (χ0n) is 28.1. The van der Waals surface area contributed by atoms with Gasteiger partial charge in [-0.1, -0.05) is 127 Å². The third kappa shape index (κ3) is 21.6. The Bertz CT molecular complexity index is 981. The molecule has 0 saturated heterocycles. The molecule has 0 aliphatic rings. The van der Waals surface area contributed by atoms with Gasteiger partial charge >= 0.3 is 14.7 Å². The van der Waals surface area contributed by atoms with Gasteiger partial charge in [0, 0.05) is 12.1 Å². The number of rotatable bonds is 28. The molecule has 0 spiro atoms. The first-order chi connectivity index (χ1) is 22.0. The molecule has 10 heteroatoms. The van der Waals surface area contributed by atoms with Crippen LogP contribution in [0.3, 0.4) is 0 Å². The molecule has 0 fully saturated rings. The van der Waals surface area contributed by atoms with E-state index >= 15 is 0 Å². The van der Waals surface area contributed by atoms with E-state index in [1.165, 1.54) is 89.9 Å². The average Bonchev–Trinajstić information content (AvgIpc) is 3.53. The van der Waals surface area contributed by atoms with Gasteiger partial charge < -0.3 is 24.2 Å². The van der Waals surface area contributed by atoms with Gasteiger partial charge in [0.15, 0.2) is 12.7 Å². The molecule has 2 aromatic rings. The van der Waals surface area contributed by atoms with Crippen LogP contribution in [0.2, 0.25) is 0 Å². The van der Waals surface area contributed by atoms with E-state index in [-0.39, 0.29) is 19.3 Å². The van der Waals surface area contributed by atoms with E-state index in [2.05, 4.69) is 16.8 Å². The molecule has 2 rings (SSSR count). The number of nitrogens with one attached hydrogen (secondary N) is 1. The van der Waals surface area contributed by atoms with Crippen LogP contribution in [0.15, 0.2) is 41.4 Å². The minimum atomic E-state index is -2.17. The smallest absolute Gasteiger partial charge is 0.407 e. The van der Waals surface area contributed by atoms with Crippen LogP contribution in [0.4, 0.5) is 4.79 Å². The molecule has 0 saturated carbocycles. The molecular formula is C35H60N2O6PS+. The normalized spacial score (nSPS) is 12.7. The summed E-state index contributed by atoms with van der Waals surface area (Å²) in [5, 5.41) is 4.85. The Labute approximate surface area is 278 Å². The predicted octanol–water partition coefficient (Wildman–Crippen LogP) is 9.48. The van der Waals surface area contributed by atoms with E-state index in [0.29, 0.717) is 18.8 Å². The van der Waals surface area contributed by atoms with Gasteiger partial charge in [-0.3, -0.25) is 4.52 Å². The second-order valence-electron chi connectivity index (χ2n) is 12.1. The highest BCUT2D eigenvalue weighted by atomic mass is 32.1. The number of amides is 1. The zero-order valence-corrected chi connectivity index (χ0v) is 29.8. The van der Waals surface area contributed by atoms with E-state index < -0.39 is 20.8 Å². The summed E-state index contributed by atoms with van der Waals surface area (Å²) in [5.74, 6) is 0.531. The molecule has 2 N–H and O–H groups in total.